The standard InChI is InChI=1S/C12H12Cl2O2/c1-8(2)3-4-16-12-9(7-15)5-10(13)6-11(12)14/h5-7H,1,3-4H2,2H3. The van der Waals surface area contributed by atoms with Crippen LogP contribution in [0.25, 0.3) is 0 Å². The average molecular weight is 259 g/mol. The smallest absolute Gasteiger partial charge is 0.153 e. The van der Waals surface area contributed by atoms with E-state index >= 15 is 0 Å². The van der Waals surface area contributed by atoms with E-state index in [0.29, 0.717) is 34.3 Å². The van der Waals surface area contributed by atoms with Crippen LogP contribution in [0.15, 0.2) is 24.3 Å². The van der Waals surface area contributed by atoms with Gasteiger partial charge < -0.3 is 4.74 Å². The number of aldehydes is 1. The zero-order valence-electron chi connectivity index (χ0n) is 8.93. The van der Waals surface area contributed by atoms with Crippen molar-refractivity contribution >= 4 is 29.5 Å². The molecule has 0 fully saturated rings. The summed E-state index contributed by atoms with van der Waals surface area (Å²) in [5.74, 6) is 0.377. The van der Waals surface area contributed by atoms with Gasteiger partial charge in [-0.15, -0.1) is 6.58 Å². The zero-order valence-corrected chi connectivity index (χ0v) is 10.4. The Morgan fingerprint density at radius 1 is 1.50 bits per heavy atom. The van der Waals surface area contributed by atoms with E-state index in [1.165, 1.54) is 6.07 Å². The van der Waals surface area contributed by atoms with E-state index in [4.69, 9.17) is 27.9 Å². The molecule has 0 atom stereocenters. The highest BCUT2D eigenvalue weighted by atomic mass is 35.5. The second-order valence-electron chi connectivity index (χ2n) is 3.48. The summed E-state index contributed by atoms with van der Waals surface area (Å²) in [7, 11) is 0. The van der Waals surface area contributed by atoms with Gasteiger partial charge in [-0.05, 0) is 19.1 Å². The number of halogens is 2. The quantitative estimate of drug-likeness (QED) is 0.586. The van der Waals surface area contributed by atoms with E-state index < -0.39 is 0 Å². The predicted molar refractivity (Wildman–Crippen MR) is 66.8 cm³/mol. The third kappa shape index (κ3) is 3.54. The molecule has 0 saturated heterocycles. The molecular formula is C12H12Cl2O2. The van der Waals surface area contributed by atoms with Gasteiger partial charge in [-0.25, -0.2) is 0 Å². The topological polar surface area (TPSA) is 26.3 Å². The Hall–Kier alpha value is -0.990. The van der Waals surface area contributed by atoms with Gasteiger partial charge in [-0.2, -0.15) is 0 Å². The van der Waals surface area contributed by atoms with Crippen LogP contribution < -0.4 is 4.74 Å². The molecule has 1 aromatic carbocycles. The maximum absolute atomic E-state index is 10.8. The summed E-state index contributed by atoms with van der Waals surface area (Å²) in [6.45, 7) is 6.11. The highest BCUT2D eigenvalue weighted by Crippen LogP contribution is 2.31. The van der Waals surface area contributed by atoms with Gasteiger partial charge in [0.2, 0.25) is 0 Å². The van der Waals surface area contributed by atoms with E-state index in [1.807, 2.05) is 6.92 Å². The first-order valence-electron chi connectivity index (χ1n) is 4.76. The van der Waals surface area contributed by atoms with E-state index in [1.54, 1.807) is 6.07 Å². The molecule has 0 bridgehead atoms. The third-order valence-electron chi connectivity index (χ3n) is 1.94. The SMILES string of the molecule is C=C(C)CCOc1c(Cl)cc(Cl)cc1C=O. The van der Waals surface area contributed by atoms with Crippen molar-refractivity contribution in [1.29, 1.82) is 0 Å². The lowest BCUT2D eigenvalue weighted by Gasteiger charge is -2.10. The Morgan fingerprint density at radius 2 is 2.19 bits per heavy atom. The average Bonchev–Trinajstić information content (AvgIpc) is 2.20. The Bertz CT molecular complexity index is 414. The monoisotopic (exact) mass is 258 g/mol. The summed E-state index contributed by atoms with van der Waals surface area (Å²) in [6.07, 6.45) is 1.39. The minimum atomic E-state index is 0.344. The molecule has 0 aromatic heterocycles. The van der Waals surface area contributed by atoms with Gasteiger partial charge in [-0.3, -0.25) is 4.79 Å². The molecule has 0 aliphatic carbocycles. The van der Waals surface area contributed by atoms with Gasteiger partial charge in [0.1, 0.15) is 5.75 Å². The summed E-state index contributed by atoms with van der Waals surface area (Å²) in [5.41, 5.74) is 1.37. The summed E-state index contributed by atoms with van der Waals surface area (Å²) < 4.78 is 5.44. The fraction of sp³-hybridized carbons (Fsp3) is 0.250. The highest BCUT2D eigenvalue weighted by molar-refractivity contribution is 6.36. The molecule has 86 valence electrons. The molecule has 1 aromatic rings. The first-order valence-corrected chi connectivity index (χ1v) is 5.51. The molecular weight excluding hydrogens is 247 g/mol. The largest absolute Gasteiger partial charge is 0.491 e. The number of benzene rings is 1. The van der Waals surface area contributed by atoms with E-state index in [2.05, 4.69) is 6.58 Å². The minimum Gasteiger partial charge on any atom is -0.491 e. The van der Waals surface area contributed by atoms with Crippen LogP contribution in [0.4, 0.5) is 0 Å². The number of hydrogen-bond donors (Lipinski definition) is 0. The van der Waals surface area contributed by atoms with Gasteiger partial charge >= 0.3 is 0 Å². The predicted octanol–water partition coefficient (Wildman–Crippen LogP) is 4.15. The van der Waals surface area contributed by atoms with Gasteiger partial charge in [0, 0.05) is 11.4 Å². The molecule has 0 N–H and O–H groups in total. The summed E-state index contributed by atoms with van der Waals surface area (Å²) in [6, 6.07) is 3.07. The molecule has 0 heterocycles. The molecule has 0 amide bonds. The van der Waals surface area contributed by atoms with Gasteiger partial charge in [0.25, 0.3) is 0 Å². The fourth-order valence-electron chi connectivity index (χ4n) is 1.15. The summed E-state index contributed by atoms with van der Waals surface area (Å²) in [4.78, 5) is 10.8. The van der Waals surface area contributed by atoms with Gasteiger partial charge in [-0.1, -0.05) is 28.8 Å². The maximum atomic E-state index is 10.8. The normalized spacial score (nSPS) is 9.94. The minimum absolute atomic E-state index is 0.344. The van der Waals surface area contributed by atoms with Crippen LogP contribution in [0.1, 0.15) is 23.7 Å². The maximum Gasteiger partial charge on any atom is 0.153 e. The molecule has 4 heteroatoms. The van der Waals surface area contributed by atoms with Crippen molar-refractivity contribution in [3.05, 3.63) is 39.9 Å². The van der Waals surface area contributed by atoms with Crippen molar-refractivity contribution in [2.75, 3.05) is 6.61 Å². The van der Waals surface area contributed by atoms with Crippen LogP contribution in [0, 0.1) is 0 Å². The van der Waals surface area contributed by atoms with Crippen molar-refractivity contribution in [1.82, 2.24) is 0 Å². The number of carbonyl (C=O) groups is 1. The molecule has 0 radical (unpaired) electrons. The summed E-state index contributed by atoms with van der Waals surface area (Å²) in [5, 5.41) is 0.760. The summed E-state index contributed by atoms with van der Waals surface area (Å²) >= 11 is 11.7. The Labute approximate surface area is 105 Å². The van der Waals surface area contributed by atoms with E-state index in [9.17, 15) is 4.79 Å². The zero-order chi connectivity index (χ0) is 12.1. The molecule has 0 saturated carbocycles. The second kappa shape index (κ2) is 5.92. The first-order chi connectivity index (χ1) is 7.54. The lowest BCUT2D eigenvalue weighted by Crippen LogP contribution is -2.01. The molecule has 16 heavy (non-hydrogen) atoms. The van der Waals surface area contributed by atoms with E-state index in [-0.39, 0.29) is 0 Å². The van der Waals surface area contributed by atoms with Crippen LogP contribution in [0.2, 0.25) is 10.0 Å². The van der Waals surface area contributed by atoms with Gasteiger partial charge in [0.15, 0.2) is 6.29 Å². The Balaban J connectivity index is 2.85. The molecule has 2 nitrogen and oxygen atoms in total. The van der Waals surface area contributed by atoms with Crippen LogP contribution in [-0.4, -0.2) is 12.9 Å². The van der Waals surface area contributed by atoms with Crippen molar-refractivity contribution in [2.45, 2.75) is 13.3 Å². The third-order valence-corrected chi connectivity index (χ3v) is 2.44. The van der Waals surface area contributed by atoms with Crippen LogP contribution in [0.5, 0.6) is 5.75 Å². The molecule has 0 spiro atoms. The molecule has 0 aliphatic heterocycles. The van der Waals surface area contributed by atoms with Gasteiger partial charge in [0.05, 0.1) is 17.2 Å². The van der Waals surface area contributed by atoms with Crippen LogP contribution in [0.3, 0.4) is 0 Å². The number of hydrogen-bond acceptors (Lipinski definition) is 2. The fourth-order valence-corrected chi connectivity index (χ4v) is 1.71. The number of carbonyl (C=O) groups excluding carboxylic acids is 1. The van der Waals surface area contributed by atoms with Crippen molar-refractivity contribution in [3.63, 3.8) is 0 Å². The van der Waals surface area contributed by atoms with Crippen molar-refractivity contribution in [3.8, 4) is 5.75 Å². The Kier molecular flexibility index (Phi) is 4.84. The molecule has 1 rings (SSSR count). The number of ether oxygens (including phenoxy) is 1. The second-order valence-corrected chi connectivity index (χ2v) is 4.32. The van der Waals surface area contributed by atoms with Crippen molar-refractivity contribution < 1.29 is 9.53 Å². The van der Waals surface area contributed by atoms with Crippen LogP contribution >= 0.6 is 23.2 Å². The highest BCUT2D eigenvalue weighted by Gasteiger charge is 2.09. The number of rotatable bonds is 5. The Morgan fingerprint density at radius 3 is 2.75 bits per heavy atom. The van der Waals surface area contributed by atoms with E-state index in [0.717, 1.165) is 12.0 Å². The first kappa shape index (κ1) is 13.1. The lowest BCUT2D eigenvalue weighted by molar-refractivity contribution is 0.111. The molecule has 0 aliphatic rings. The van der Waals surface area contributed by atoms with Crippen LogP contribution in [-0.2, 0) is 0 Å². The lowest BCUT2D eigenvalue weighted by atomic mass is 10.2. The van der Waals surface area contributed by atoms with Crippen molar-refractivity contribution in [2.24, 2.45) is 0 Å². The molecule has 0 unspecified atom stereocenters.